The third-order valence-electron chi connectivity index (χ3n) is 5.05. The van der Waals surface area contributed by atoms with Gasteiger partial charge in [0, 0.05) is 38.5 Å². The molecule has 9 heteroatoms. The Morgan fingerprint density at radius 1 is 1.33 bits per heavy atom. The first kappa shape index (κ1) is 16.8. The molecule has 3 rings (SSSR count). The molecule has 0 saturated carbocycles. The third kappa shape index (κ3) is 3.72. The first-order valence-corrected chi connectivity index (χ1v) is 8.67. The van der Waals surface area contributed by atoms with Gasteiger partial charge in [0.25, 0.3) is 0 Å². The van der Waals surface area contributed by atoms with Gasteiger partial charge in [0.1, 0.15) is 6.33 Å². The van der Waals surface area contributed by atoms with Crippen molar-refractivity contribution in [3.8, 4) is 0 Å². The Morgan fingerprint density at radius 3 is 2.96 bits per heavy atom. The number of tetrazole rings is 1. The number of nitrogens with two attached hydrogens (primary N) is 1. The van der Waals surface area contributed by atoms with Gasteiger partial charge in [-0.25, -0.2) is 4.68 Å². The number of piperidine rings is 2. The van der Waals surface area contributed by atoms with Crippen LogP contribution < -0.4 is 5.73 Å². The number of likely N-dealkylation sites (tertiary alicyclic amines) is 2. The highest BCUT2D eigenvalue weighted by atomic mass is 16.2. The second kappa shape index (κ2) is 7.69. The fourth-order valence-corrected chi connectivity index (χ4v) is 3.78. The Labute approximate surface area is 141 Å². The van der Waals surface area contributed by atoms with Crippen LogP contribution in [0.2, 0.25) is 0 Å². The van der Waals surface area contributed by atoms with Crippen molar-refractivity contribution in [2.24, 2.45) is 11.7 Å². The smallest absolute Gasteiger partial charge is 0.224 e. The lowest BCUT2D eigenvalue weighted by molar-refractivity contribution is -0.144. The lowest BCUT2D eigenvalue weighted by Gasteiger charge is -2.47. The monoisotopic (exact) mass is 335 g/mol. The van der Waals surface area contributed by atoms with Crippen LogP contribution in [0.1, 0.15) is 32.1 Å². The van der Waals surface area contributed by atoms with Gasteiger partial charge in [-0.1, -0.05) is 0 Å². The van der Waals surface area contributed by atoms with Crippen molar-refractivity contribution in [1.29, 1.82) is 0 Å². The summed E-state index contributed by atoms with van der Waals surface area (Å²) in [5.74, 6) is 0.753. The summed E-state index contributed by atoms with van der Waals surface area (Å²) in [7, 11) is 0. The van der Waals surface area contributed by atoms with Gasteiger partial charge >= 0.3 is 0 Å². The number of carbonyl (C=O) groups is 2. The van der Waals surface area contributed by atoms with E-state index in [-0.39, 0.29) is 17.9 Å². The number of fused-ring (bicyclic) bond motifs is 1. The van der Waals surface area contributed by atoms with Gasteiger partial charge in [-0.05, 0) is 42.2 Å². The standard InChI is InChI=1S/C15H25N7O2/c16-6-1-7-22-13-4-8-20(10-12(13)2-3-15(22)24)14(23)5-9-21-11-17-18-19-21/h11-13H,1-10,16H2/t12-,13+/m0/s1. The van der Waals surface area contributed by atoms with E-state index in [4.69, 9.17) is 5.73 Å². The minimum atomic E-state index is 0.134. The topological polar surface area (TPSA) is 110 Å². The molecule has 0 aromatic carbocycles. The van der Waals surface area contributed by atoms with E-state index < -0.39 is 0 Å². The normalized spacial score (nSPS) is 24.1. The second-order valence-corrected chi connectivity index (χ2v) is 6.55. The Bertz CT molecular complexity index is 562. The molecule has 24 heavy (non-hydrogen) atoms. The van der Waals surface area contributed by atoms with Crippen LogP contribution in [-0.4, -0.2) is 74.0 Å². The molecule has 2 atom stereocenters. The highest BCUT2D eigenvalue weighted by Crippen LogP contribution is 2.31. The van der Waals surface area contributed by atoms with Crippen LogP contribution in [0.3, 0.4) is 0 Å². The fourth-order valence-electron chi connectivity index (χ4n) is 3.78. The summed E-state index contributed by atoms with van der Waals surface area (Å²) in [6, 6.07) is 0.265. The van der Waals surface area contributed by atoms with E-state index in [2.05, 4.69) is 15.5 Å². The first-order valence-electron chi connectivity index (χ1n) is 8.67. The van der Waals surface area contributed by atoms with Crippen molar-refractivity contribution < 1.29 is 9.59 Å². The van der Waals surface area contributed by atoms with E-state index in [1.165, 1.54) is 6.33 Å². The molecule has 1 aromatic heterocycles. The number of hydrogen-bond acceptors (Lipinski definition) is 6. The van der Waals surface area contributed by atoms with E-state index in [9.17, 15) is 9.59 Å². The Morgan fingerprint density at radius 2 is 2.21 bits per heavy atom. The molecule has 1 aromatic rings. The van der Waals surface area contributed by atoms with Gasteiger partial charge in [0.05, 0.1) is 6.54 Å². The summed E-state index contributed by atoms with van der Waals surface area (Å²) < 4.78 is 1.57. The molecule has 0 unspecified atom stereocenters. The summed E-state index contributed by atoms with van der Waals surface area (Å²) in [6.45, 7) is 3.29. The van der Waals surface area contributed by atoms with E-state index in [1.807, 2.05) is 9.80 Å². The number of aromatic nitrogens is 4. The number of carbonyl (C=O) groups excluding carboxylic acids is 2. The molecule has 0 bridgehead atoms. The number of hydrogen-bond donors (Lipinski definition) is 1. The van der Waals surface area contributed by atoms with Crippen LogP contribution in [0, 0.1) is 5.92 Å². The number of aryl methyl sites for hydroxylation is 1. The maximum absolute atomic E-state index is 12.4. The Hall–Kier alpha value is -2.03. The maximum Gasteiger partial charge on any atom is 0.224 e. The molecule has 2 amide bonds. The summed E-state index contributed by atoms with van der Waals surface area (Å²) in [5.41, 5.74) is 5.59. The van der Waals surface area contributed by atoms with Crippen molar-refractivity contribution in [3.05, 3.63) is 6.33 Å². The summed E-state index contributed by atoms with van der Waals surface area (Å²) >= 11 is 0. The molecule has 0 aliphatic carbocycles. The highest BCUT2D eigenvalue weighted by Gasteiger charge is 2.39. The molecule has 0 spiro atoms. The van der Waals surface area contributed by atoms with E-state index >= 15 is 0 Å². The average Bonchev–Trinajstić information content (AvgIpc) is 3.12. The molecular weight excluding hydrogens is 310 g/mol. The van der Waals surface area contributed by atoms with Crippen LogP contribution in [0.15, 0.2) is 6.33 Å². The van der Waals surface area contributed by atoms with Gasteiger partial charge in [-0.3, -0.25) is 9.59 Å². The molecule has 9 nitrogen and oxygen atoms in total. The van der Waals surface area contributed by atoms with Crippen LogP contribution >= 0.6 is 0 Å². The molecule has 3 heterocycles. The largest absolute Gasteiger partial charge is 0.342 e. The molecule has 0 radical (unpaired) electrons. The number of amides is 2. The van der Waals surface area contributed by atoms with Gasteiger partial charge in [-0.15, -0.1) is 5.10 Å². The third-order valence-corrected chi connectivity index (χ3v) is 5.05. The highest BCUT2D eigenvalue weighted by molar-refractivity contribution is 5.78. The average molecular weight is 335 g/mol. The minimum absolute atomic E-state index is 0.134. The Balaban J connectivity index is 1.54. The van der Waals surface area contributed by atoms with Crippen LogP contribution in [0.5, 0.6) is 0 Å². The van der Waals surface area contributed by atoms with Crippen molar-refractivity contribution in [2.75, 3.05) is 26.2 Å². The van der Waals surface area contributed by atoms with Gasteiger partial charge in [0.2, 0.25) is 11.8 Å². The molecular formula is C15H25N7O2. The zero-order valence-electron chi connectivity index (χ0n) is 13.9. The summed E-state index contributed by atoms with van der Waals surface area (Å²) in [6.07, 6.45) is 5.07. The predicted octanol–water partition coefficient (Wildman–Crippen LogP) is -0.748. The molecule has 2 fully saturated rings. The minimum Gasteiger partial charge on any atom is -0.342 e. The van der Waals surface area contributed by atoms with E-state index in [0.717, 1.165) is 32.4 Å². The Kier molecular flexibility index (Phi) is 5.39. The molecule has 132 valence electrons. The molecule has 2 saturated heterocycles. The van der Waals surface area contributed by atoms with Gasteiger partial charge in [-0.2, -0.15) is 0 Å². The van der Waals surface area contributed by atoms with Crippen molar-refractivity contribution in [1.82, 2.24) is 30.0 Å². The van der Waals surface area contributed by atoms with Gasteiger partial charge in [0.15, 0.2) is 0 Å². The lowest BCUT2D eigenvalue weighted by atomic mass is 9.83. The SMILES string of the molecule is NCCCN1C(=O)CC[C@H]2CN(C(=O)CCn3cnnn3)CC[C@H]21. The van der Waals surface area contributed by atoms with Crippen molar-refractivity contribution >= 4 is 11.8 Å². The second-order valence-electron chi connectivity index (χ2n) is 6.55. The number of rotatable bonds is 6. The molecule has 2 aliphatic heterocycles. The van der Waals surface area contributed by atoms with Gasteiger partial charge < -0.3 is 15.5 Å². The fraction of sp³-hybridized carbons (Fsp3) is 0.800. The van der Waals surface area contributed by atoms with Crippen LogP contribution in [0.25, 0.3) is 0 Å². The summed E-state index contributed by atoms with van der Waals surface area (Å²) in [4.78, 5) is 28.6. The van der Waals surface area contributed by atoms with Crippen LogP contribution in [0.4, 0.5) is 0 Å². The lowest BCUT2D eigenvalue weighted by Crippen LogP contribution is -2.57. The number of nitrogens with zero attached hydrogens (tertiary/aromatic N) is 6. The maximum atomic E-state index is 12.4. The van der Waals surface area contributed by atoms with Crippen molar-refractivity contribution in [2.45, 2.75) is 44.7 Å². The predicted molar refractivity (Wildman–Crippen MR) is 85.5 cm³/mol. The zero-order chi connectivity index (χ0) is 16.9. The summed E-state index contributed by atoms with van der Waals surface area (Å²) in [5, 5.41) is 10.9. The first-order chi connectivity index (χ1) is 11.7. The van der Waals surface area contributed by atoms with Crippen LogP contribution in [-0.2, 0) is 16.1 Å². The van der Waals surface area contributed by atoms with E-state index in [1.54, 1.807) is 4.68 Å². The molecule has 2 N–H and O–H groups in total. The van der Waals surface area contributed by atoms with E-state index in [0.29, 0.717) is 38.4 Å². The molecule has 2 aliphatic rings. The van der Waals surface area contributed by atoms with Crippen molar-refractivity contribution in [3.63, 3.8) is 0 Å². The quantitative estimate of drug-likeness (QED) is 0.732. The zero-order valence-corrected chi connectivity index (χ0v) is 13.9.